The third-order valence-electron chi connectivity index (χ3n) is 6.40. The Balaban J connectivity index is 1.76. The molecule has 184 valence electrons. The predicted octanol–water partition coefficient (Wildman–Crippen LogP) is 3.03. The quantitative estimate of drug-likeness (QED) is 0.522. The fraction of sp³-hybridized carbons (Fsp3) is 0.720. The summed E-state index contributed by atoms with van der Waals surface area (Å²) in [6.45, 7) is 4.72. The maximum atomic E-state index is 13.2. The van der Waals surface area contributed by atoms with E-state index in [0.717, 1.165) is 38.5 Å². The van der Waals surface area contributed by atoms with Gasteiger partial charge in [0.2, 0.25) is 5.43 Å². The minimum atomic E-state index is -0.524. The van der Waals surface area contributed by atoms with Crippen LogP contribution < -0.4 is 16.1 Å². The number of nitrogens with one attached hydrogen (secondary N) is 2. The van der Waals surface area contributed by atoms with E-state index in [1.807, 2.05) is 6.92 Å². The Labute approximate surface area is 196 Å². The lowest BCUT2D eigenvalue weighted by Crippen LogP contribution is -2.40. The molecule has 2 aliphatic rings. The Morgan fingerprint density at radius 3 is 2.39 bits per heavy atom. The highest BCUT2D eigenvalue weighted by molar-refractivity contribution is 5.99. The van der Waals surface area contributed by atoms with Crippen molar-refractivity contribution in [2.75, 3.05) is 26.4 Å². The summed E-state index contributed by atoms with van der Waals surface area (Å²) in [6.07, 6.45) is 13.4. The number of nitrogens with zero attached hydrogens (tertiary/aromatic N) is 1. The number of pyridine rings is 1. The molecule has 2 heterocycles. The zero-order valence-electron chi connectivity index (χ0n) is 19.9. The van der Waals surface area contributed by atoms with Gasteiger partial charge >= 0.3 is 0 Å². The molecular weight excluding hydrogens is 422 g/mol. The third kappa shape index (κ3) is 7.96. The normalized spacial score (nSPS) is 19.6. The molecular formula is C25H39N3O5. The van der Waals surface area contributed by atoms with Gasteiger partial charge < -0.3 is 24.7 Å². The van der Waals surface area contributed by atoms with Crippen LogP contribution in [-0.4, -0.2) is 54.9 Å². The molecule has 3 rings (SSSR count). The standard InChI is InChI=1S/C25H39N3O5/c1-2-32-14-9-13-26-24(30)21-17-28(16-20-12-8-15-33-20)18-22(23(21)29)25(31)27-19-10-6-4-3-5-7-11-19/h17-20H,2-16H2,1H3,(H,26,30)(H,27,31). The minimum Gasteiger partial charge on any atom is -0.382 e. The Morgan fingerprint density at radius 2 is 1.73 bits per heavy atom. The molecule has 0 bridgehead atoms. The first kappa shape index (κ1) is 25.4. The van der Waals surface area contributed by atoms with Gasteiger partial charge in [-0.05, 0) is 39.0 Å². The molecule has 1 unspecified atom stereocenters. The van der Waals surface area contributed by atoms with Crippen LogP contribution in [0.2, 0.25) is 0 Å². The molecule has 0 radical (unpaired) electrons. The first-order valence-electron chi connectivity index (χ1n) is 12.6. The average molecular weight is 462 g/mol. The van der Waals surface area contributed by atoms with Gasteiger partial charge in [0.15, 0.2) is 0 Å². The summed E-state index contributed by atoms with van der Waals surface area (Å²) in [7, 11) is 0. The molecule has 1 aliphatic carbocycles. The highest BCUT2D eigenvalue weighted by Crippen LogP contribution is 2.18. The van der Waals surface area contributed by atoms with Crippen molar-refractivity contribution in [3.05, 3.63) is 33.7 Å². The second kappa shape index (κ2) is 13.5. The highest BCUT2D eigenvalue weighted by atomic mass is 16.5. The number of aromatic nitrogens is 1. The first-order chi connectivity index (χ1) is 16.1. The Bertz CT molecular complexity index is 824. The smallest absolute Gasteiger partial charge is 0.256 e. The van der Waals surface area contributed by atoms with Crippen LogP contribution in [0.3, 0.4) is 0 Å². The van der Waals surface area contributed by atoms with E-state index in [4.69, 9.17) is 9.47 Å². The van der Waals surface area contributed by atoms with Crippen molar-refractivity contribution >= 4 is 11.8 Å². The predicted molar refractivity (Wildman–Crippen MR) is 127 cm³/mol. The molecule has 8 nitrogen and oxygen atoms in total. The number of carbonyl (C=O) groups is 2. The van der Waals surface area contributed by atoms with Crippen LogP contribution in [0.4, 0.5) is 0 Å². The van der Waals surface area contributed by atoms with Gasteiger partial charge in [-0.3, -0.25) is 14.4 Å². The van der Waals surface area contributed by atoms with Gasteiger partial charge in [0.1, 0.15) is 11.1 Å². The van der Waals surface area contributed by atoms with E-state index in [2.05, 4.69) is 10.6 Å². The van der Waals surface area contributed by atoms with Crippen LogP contribution in [-0.2, 0) is 16.0 Å². The summed E-state index contributed by atoms with van der Waals surface area (Å²) >= 11 is 0. The lowest BCUT2D eigenvalue weighted by Gasteiger charge is -2.21. The first-order valence-corrected chi connectivity index (χ1v) is 12.6. The SMILES string of the molecule is CCOCCCNC(=O)c1cn(CC2CCCO2)cc(C(=O)NC2CCCCCCC2)c1=O. The fourth-order valence-electron chi connectivity index (χ4n) is 4.56. The van der Waals surface area contributed by atoms with Crippen molar-refractivity contribution in [2.24, 2.45) is 0 Å². The van der Waals surface area contributed by atoms with E-state index < -0.39 is 17.2 Å². The largest absolute Gasteiger partial charge is 0.382 e. The molecule has 33 heavy (non-hydrogen) atoms. The molecule has 1 aromatic rings. The molecule has 1 atom stereocenters. The van der Waals surface area contributed by atoms with Crippen molar-refractivity contribution < 1.29 is 19.1 Å². The van der Waals surface area contributed by atoms with Gasteiger partial charge in [0.05, 0.1) is 6.10 Å². The van der Waals surface area contributed by atoms with E-state index in [1.165, 1.54) is 19.3 Å². The zero-order valence-corrected chi connectivity index (χ0v) is 19.9. The van der Waals surface area contributed by atoms with Crippen molar-refractivity contribution in [3.63, 3.8) is 0 Å². The van der Waals surface area contributed by atoms with Crippen LogP contribution >= 0.6 is 0 Å². The van der Waals surface area contributed by atoms with Crippen molar-refractivity contribution in [1.82, 2.24) is 15.2 Å². The average Bonchev–Trinajstić information content (AvgIpc) is 3.29. The zero-order chi connectivity index (χ0) is 23.5. The lowest BCUT2D eigenvalue weighted by atomic mass is 9.96. The maximum absolute atomic E-state index is 13.2. The van der Waals surface area contributed by atoms with Gasteiger partial charge in [-0.15, -0.1) is 0 Å². The van der Waals surface area contributed by atoms with E-state index in [1.54, 1.807) is 17.0 Å². The molecule has 2 fully saturated rings. The number of hydrogen-bond donors (Lipinski definition) is 2. The van der Waals surface area contributed by atoms with Crippen molar-refractivity contribution in [3.8, 4) is 0 Å². The maximum Gasteiger partial charge on any atom is 0.256 e. The van der Waals surface area contributed by atoms with Crippen LogP contribution in [0.1, 0.15) is 91.8 Å². The van der Waals surface area contributed by atoms with Crippen LogP contribution in [0.5, 0.6) is 0 Å². The van der Waals surface area contributed by atoms with Crippen LogP contribution in [0, 0.1) is 0 Å². The second-order valence-electron chi connectivity index (χ2n) is 9.07. The molecule has 1 aliphatic heterocycles. The van der Waals surface area contributed by atoms with E-state index in [-0.39, 0.29) is 23.3 Å². The van der Waals surface area contributed by atoms with E-state index in [0.29, 0.717) is 39.3 Å². The van der Waals surface area contributed by atoms with Crippen LogP contribution in [0.25, 0.3) is 0 Å². The number of amides is 2. The topological polar surface area (TPSA) is 98.7 Å². The van der Waals surface area contributed by atoms with Gasteiger partial charge in [-0.1, -0.05) is 32.1 Å². The molecule has 1 saturated carbocycles. The summed E-state index contributed by atoms with van der Waals surface area (Å²) in [6, 6.07) is 0.0693. The number of carbonyl (C=O) groups excluding carboxylic acids is 2. The Morgan fingerprint density at radius 1 is 1.03 bits per heavy atom. The molecule has 0 spiro atoms. The summed E-state index contributed by atoms with van der Waals surface area (Å²) < 4.78 is 12.8. The summed E-state index contributed by atoms with van der Waals surface area (Å²) in [5.74, 6) is -0.851. The number of ether oxygens (including phenoxy) is 2. The number of hydrogen-bond acceptors (Lipinski definition) is 5. The van der Waals surface area contributed by atoms with Crippen LogP contribution in [0.15, 0.2) is 17.2 Å². The van der Waals surface area contributed by atoms with Crippen molar-refractivity contribution in [2.45, 2.75) is 89.8 Å². The van der Waals surface area contributed by atoms with Gasteiger partial charge in [0.25, 0.3) is 11.8 Å². The fourth-order valence-corrected chi connectivity index (χ4v) is 4.56. The summed E-state index contributed by atoms with van der Waals surface area (Å²) in [5.41, 5.74) is -0.504. The van der Waals surface area contributed by atoms with E-state index in [9.17, 15) is 14.4 Å². The second-order valence-corrected chi connectivity index (χ2v) is 9.07. The van der Waals surface area contributed by atoms with Gasteiger partial charge in [-0.2, -0.15) is 0 Å². The Hall–Kier alpha value is -2.19. The monoisotopic (exact) mass is 461 g/mol. The molecule has 2 N–H and O–H groups in total. The number of rotatable bonds is 10. The molecule has 2 amide bonds. The molecule has 8 heteroatoms. The van der Waals surface area contributed by atoms with Gasteiger partial charge in [0, 0.05) is 51.3 Å². The molecule has 0 aromatic carbocycles. The van der Waals surface area contributed by atoms with E-state index >= 15 is 0 Å². The minimum absolute atomic E-state index is 0.00489. The molecule has 1 saturated heterocycles. The Kier molecular flexibility index (Phi) is 10.4. The lowest BCUT2D eigenvalue weighted by molar-refractivity contribution is 0.0913. The highest BCUT2D eigenvalue weighted by Gasteiger charge is 2.23. The summed E-state index contributed by atoms with van der Waals surface area (Å²) in [4.78, 5) is 39.1. The third-order valence-corrected chi connectivity index (χ3v) is 6.40. The van der Waals surface area contributed by atoms with Gasteiger partial charge in [-0.25, -0.2) is 0 Å². The van der Waals surface area contributed by atoms with Crippen molar-refractivity contribution in [1.29, 1.82) is 0 Å². The summed E-state index contributed by atoms with van der Waals surface area (Å²) in [5, 5.41) is 5.85. The molecule has 1 aromatic heterocycles.